The lowest BCUT2D eigenvalue weighted by Crippen LogP contribution is -2.15. The molecule has 0 saturated heterocycles. The minimum absolute atomic E-state index is 0.0477. The van der Waals surface area contributed by atoms with Crippen molar-refractivity contribution in [1.29, 1.82) is 0 Å². The standard InChI is InChI=1S/C19H22N2O6/c22-9-11-26-18(24)20-16-5-1-14(2-6-16)13-15-3-7-17(8-4-15)21-19(25)27-12-10-23/h1-8,22-23H,9-13H2,(H,20,24)(H,21,25). The third-order valence-corrected chi connectivity index (χ3v) is 3.46. The maximum Gasteiger partial charge on any atom is 0.411 e. The van der Waals surface area contributed by atoms with Crippen LogP contribution >= 0.6 is 0 Å². The highest BCUT2D eigenvalue weighted by atomic mass is 16.6. The van der Waals surface area contributed by atoms with Gasteiger partial charge in [-0.3, -0.25) is 10.6 Å². The number of carbonyl (C=O) groups is 2. The first kappa shape index (κ1) is 20.2. The second-order valence-electron chi connectivity index (χ2n) is 5.54. The van der Waals surface area contributed by atoms with Gasteiger partial charge in [-0.05, 0) is 41.8 Å². The third-order valence-electron chi connectivity index (χ3n) is 3.46. The molecule has 2 rings (SSSR count). The van der Waals surface area contributed by atoms with Crippen LogP contribution in [0, 0.1) is 0 Å². The van der Waals surface area contributed by atoms with E-state index >= 15 is 0 Å². The summed E-state index contributed by atoms with van der Waals surface area (Å²) in [6.45, 7) is -0.531. The van der Waals surface area contributed by atoms with Crippen LogP contribution in [-0.2, 0) is 15.9 Å². The summed E-state index contributed by atoms with van der Waals surface area (Å²) in [7, 11) is 0. The molecule has 8 nitrogen and oxygen atoms in total. The second kappa shape index (κ2) is 10.8. The van der Waals surface area contributed by atoms with Crippen molar-refractivity contribution < 1.29 is 29.3 Å². The van der Waals surface area contributed by atoms with E-state index in [0.717, 1.165) is 11.1 Å². The van der Waals surface area contributed by atoms with Gasteiger partial charge in [-0.25, -0.2) is 9.59 Å². The van der Waals surface area contributed by atoms with Crippen LogP contribution in [0.2, 0.25) is 0 Å². The number of hydrogen-bond acceptors (Lipinski definition) is 6. The minimum Gasteiger partial charge on any atom is -0.447 e. The Morgan fingerprint density at radius 1 is 0.704 bits per heavy atom. The van der Waals surface area contributed by atoms with Crippen molar-refractivity contribution in [2.24, 2.45) is 0 Å². The highest BCUT2D eigenvalue weighted by Crippen LogP contribution is 2.16. The molecule has 0 fully saturated rings. The Hall–Kier alpha value is -3.10. The molecule has 27 heavy (non-hydrogen) atoms. The molecule has 144 valence electrons. The lowest BCUT2D eigenvalue weighted by atomic mass is 10.0. The van der Waals surface area contributed by atoms with Gasteiger partial charge < -0.3 is 19.7 Å². The molecule has 0 bridgehead atoms. The summed E-state index contributed by atoms with van der Waals surface area (Å²) in [6, 6.07) is 14.6. The molecule has 2 aromatic carbocycles. The van der Waals surface area contributed by atoms with E-state index in [9.17, 15) is 9.59 Å². The zero-order valence-corrected chi connectivity index (χ0v) is 14.7. The number of anilines is 2. The Morgan fingerprint density at radius 3 is 1.41 bits per heavy atom. The summed E-state index contributed by atoms with van der Waals surface area (Å²) in [5.74, 6) is 0. The van der Waals surface area contributed by atoms with Gasteiger partial charge in [0, 0.05) is 11.4 Å². The molecule has 0 aliphatic carbocycles. The SMILES string of the molecule is O=C(Nc1ccc(Cc2ccc(NC(=O)OCCO)cc2)cc1)OCCO. The van der Waals surface area contributed by atoms with Crippen molar-refractivity contribution in [3.05, 3.63) is 59.7 Å². The lowest BCUT2D eigenvalue weighted by molar-refractivity contribution is 0.131. The molecule has 2 amide bonds. The predicted octanol–water partition coefficient (Wildman–Crippen LogP) is 2.36. The number of nitrogens with one attached hydrogen (secondary N) is 2. The van der Waals surface area contributed by atoms with Gasteiger partial charge in [-0.2, -0.15) is 0 Å². The summed E-state index contributed by atoms with van der Waals surface area (Å²) in [6.07, 6.45) is -0.542. The number of hydrogen-bond donors (Lipinski definition) is 4. The smallest absolute Gasteiger partial charge is 0.411 e. The Balaban J connectivity index is 1.86. The van der Waals surface area contributed by atoms with Crippen molar-refractivity contribution in [2.75, 3.05) is 37.1 Å². The minimum atomic E-state index is -0.614. The molecule has 0 radical (unpaired) electrons. The predicted molar refractivity (Wildman–Crippen MR) is 99.8 cm³/mol. The average molecular weight is 374 g/mol. The topological polar surface area (TPSA) is 117 Å². The van der Waals surface area contributed by atoms with E-state index in [1.165, 1.54) is 0 Å². The van der Waals surface area contributed by atoms with Crippen LogP contribution in [0.5, 0.6) is 0 Å². The Kier molecular flexibility index (Phi) is 8.08. The number of carbonyl (C=O) groups excluding carboxylic acids is 2. The van der Waals surface area contributed by atoms with Gasteiger partial charge in [0.15, 0.2) is 0 Å². The number of amides is 2. The maximum atomic E-state index is 11.4. The van der Waals surface area contributed by atoms with Crippen LogP contribution in [-0.4, -0.2) is 48.8 Å². The molecule has 0 spiro atoms. The summed E-state index contributed by atoms with van der Waals surface area (Å²) < 4.78 is 9.46. The molecule has 0 unspecified atom stereocenters. The lowest BCUT2D eigenvalue weighted by Gasteiger charge is -2.08. The summed E-state index contributed by atoms with van der Waals surface area (Å²) >= 11 is 0. The fourth-order valence-electron chi connectivity index (χ4n) is 2.23. The molecule has 0 saturated carbocycles. The molecule has 2 aromatic rings. The highest BCUT2D eigenvalue weighted by molar-refractivity contribution is 5.85. The number of rotatable bonds is 8. The zero-order chi connectivity index (χ0) is 19.5. The van der Waals surface area contributed by atoms with Crippen molar-refractivity contribution in [2.45, 2.75) is 6.42 Å². The largest absolute Gasteiger partial charge is 0.447 e. The third kappa shape index (κ3) is 7.35. The van der Waals surface area contributed by atoms with E-state index < -0.39 is 12.2 Å². The van der Waals surface area contributed by atoms with Crippen molar-refractivity contribution in [3.8, 4) is 0 Å². The van der Waals surface area contributed by atoms with Crippen molar-refractivity contribution >= 4 is 23.6 Å². The van der Waals surface area contributed by atoms with Crippen LogP contribution in [0.1, 0.15) is 11.1 Å². The van der Waals surface area contributed by atoms with Crippen LogP contribution in [0.15, 0.2) is 48.5 Å². The molecule has 0 aliphatic heterocycles. The normalized spacial score (nSPS) is 10.1. The number of aliphatic hydroxyl groups is 2. The number of ether oxygens (including phenoxy) is 2. The second-order valence-corrected chi connectivity index (χ2v) is 5.54. The quantitative estimate of drug-likeness (QED) is 0.563. The molecular formula is C19H22N2O6. The summed E-state index contributed by atoms with van der Waals surface area (Å²) in [5.41, 5.74) is 3.30. The Bertz CT molecular complexity index is 667. The number of aliphatic hydroxyl groups excluding tert-OH is 2. The highest BCUT2D eigenvalue weighted by Gasteiger charge is 2.05. The van der Waals surface area contributed by atoms with Gasteiger partial charge in [-0.1, -0.05) is 24.3 Å². The molecular weight excluding hydrogens is 352 g/mol. The fourth-order valence-corrected chi connectivity index (χ4v) is 2.23. The Morgan fingerprint density at radius 2 is 1.07 bits per heavy atom. The molecule has 8 heteroatoms. The maximum absolute atomic E-state index is 11.4. The molecule has 0 atom stereocenters. The summed E-state index contributed by atoms with van der Waals surface area (Å²) in [4.78, 5) is 22.8. The molecule has 0 heterocycles. The van der Waals surface area contributed by atoms with E-state index in [0.29, 0.717) is 17.8 Å². The van der Waals surface area contributed by atoms with E-state index in [4.69, 9.17) is 19.7 Å². The molecule has 0 aromatic heterocycles. The van der Waals surface area contributed by atoms with E-state index in [1.807, 2.05) is 24.3 Å². The van der Waals surface area contributed by atoms with Gasteiger partial charge >= 0.3 is 12.2 Å². The molecule has 0 aliphatic rings. The summed E-state index contributed by atoms with van der Waals surface area (Å²) in [5, 5.41) is 22.4. The van der Waals surface area contributed by atoms with Gasteiger partial charge in [0.05, 0.1) is 13.2 Å². The fraction of sp³-hybridized carbons (Fsp3) is 0.263. The Labute approximate surface area is 156 Å². The van der Waals surface area contributed by atoms with E-state index in [1.54, 1.807) is 24.3 Å². The van der Waals surface area contributed by atoms with Gasteiger partial charge in [0.1, 0.15) is 13.2 Å². The van der Waals surface area contributed by atoms with E-state index in [2.05, 4.69) is 10.6 Å². The average Bonchev–Trinajstić information content (AvgIpc) is 2.68. The first-order valence-corrected chi connectivity index (χ1v) is 8.38. The van der Waals surface area contributed by atoms with Crippen LogP contribution < -0.4 is 10.6 Å². The van der Waals surface area contributed by atoms with Gasteiger partial charge in [0.25, 0.3) is 0 Å². The van der Waals surface area contributed by atoms with Crippen molar-refractivity contribution in [1.82, 2.24) is 0 Å². The van der Waals surface area contributed by atoms with Crippen LogP contribution in [0.4, 0.5) is 21.0 Å². The van der Waals surface area contributed by atoms with Crippen LogP contribution in [0.3, 0.4) is 0 Å². The van der Waals surface area contributed by atoms with Crippen molar-refractivity contribution in [3.63, 3.8) is 0 Å². The first-order chi connectivity index (χ1) is 13.1. The van der Waals surface area contributed by atoms with Gasteiger partial charge in [-0.15, -0.1) is 0 Å². The zero-order valence-electron chi connectivity index (χ0n) is 14.7. The molecule has 4 N–H and O–H groups in total. The first-order valence-electron chi connectivity index (χ1n) is 8.38. The van der Waals surface area contributed by atoms with Gasteiger partial charge in [0.2, 0.25) is 0 Å². The number of benzene rings is 2. The monoisotopic (exact) mass is 374 g/mol. The van der Waals surface area contributed by atoms with Crippen LogP contribution in [0.25, 0.3) is 0 Å². The van der Waals surface area contributed by atoms with E-state index in [-0.39, 0.29) is 26.4 Å².